The predicted molar refractivity (Wildman–Crippen MR) is 78.0 cm³/mol. The lowest BCUT2D eigenvalue weighted by Gasteiger charge is -2.17. The van der Waals surface area contributed by atoms with E-state index < -0.39 is 0 Å². The second-order valence-electron chi connectivity index (χ2n) is 4.13. The second kappa shape index (κ2) is 7.88. The normalized spacial score (nSPS) is 10.4. The Hall–Kier alpha value is -0.440. The third-order valence-electron chi connectivity index (χ3n) is 2.58. The number of hydrogen-bond acceptors (Lipinski definition) is 1. The fourth-order valence-electron chi connectivity index (χ4n) is 1.62. The summed E-state index contributed by atoms with van der Waals surface area (Å²) in [5.74, 6) is 0.604. The van der Waals surface area contributed by atoms with Crippen molar-refractivity contribution < 1.29 is 4.79 Å². The molecule has 0 heterocycles. The highest BCUT2D eigenvalue weighted by Crippen LogP contribution is 2.20. The summed E-state index contributed by atoms with van der Waals surface area (Å²) >= 11 is 17.3. The van der Waals surface area contributed by atoms with Crippen molar-refractivity contribution in [2.45, 2.75) is 19.3 Å². The van der Waals surface area contributed by atoms with Crippen LogP contribution >= 0.6 is 34.8 Å². The maximum absolute atomic E-state index is 12.1. The average molecular weight is 309 g/mol. The van der Waals surface area contributed by atoms with Crippen LogP contribution in [-0.4, -0.2) is 30.3 Å². The zero-order valence-electron chi connectivity index (χ0n) is 10.3. The van der Waals surface area contributed by atoms with Gasteiger partial charge in [-0.2, -0.15) is 0 Å². The highest BCUT2D eigenvalue weighted by molar-refractivity contribution is 6.35. The Balaban J connectivity index is 2.57. The van der Waals surface area contributed by atoms with Crippen molar-refractivity contribution in [1.82, 2.24) is 4.90 Å². The van der Waals surface area contributed by atoms with E-state index in [9.17, 15) is 4.79 Å². The number of halogens is 3. The van der Waals surface area contributed by atoms with Gasteiger partial charge in [-0.25, -0.2) is 0 Å². The molecule has 0 atom stereocenters. The monoisotopic (exact) mass is 307 g/mol. The number of rotatable bonds is 6. The fourth-order valence-corrected chi connectivity index (χ4v) is 2.33. The molecule has 2 nitrogen and oxygen atoms in total. The summed E-state index contributed by atoms with van der Waals surface area (Å²) in [4.78, 5) is 13.8. The maximum atomic E-state index is 12.1. The molecule has 0 radical (unpaired) electrons. The van der Waals surface area contributed by atoms with Crippen molar-refractivity contribution in [3.8, 4) is 0 Å². The van der Waals surface area contributed by atoms with Gasteiger partial charge in [0, 0.05) is 35.1 Å². The maximum Gasteiger partial charge on any atom is 0.253 e. The summed E-state index contributed by atoms with van der Waals surface area (Å²) in [5, 5.41) is 0.947. The summed E-state index contributed by atoms with van der Waals surface area (Å²) in [6.45, 7) is 0.708. The largest absolute Gasteiger partial charge is 0.342 e. The number of unbranched alkanes of at least 4 members (excludes halogenated alkanes) is 2. The molecule has 1 rings (SSSR count). The van der Waals surface area contributed by atoms with E-state index in [1.165, 1.54) is 0 Å². The van der Waals surface area contributed by atoms with Gasteiger partial charge in [0.2, 0.25) is 0 Å². The first kappa shape index (κ1) is 15.6. The molecule has 0 fully saturated rings. The molecule has 0 N–H and O–H groups in total. The molecular formula is C13H16Cl3NO. The van der Waals surface area contributed by atoms with Crippen molar-refractivity contribution in [1.29, 1.82) is 0 Å². The van der Waals surface area contributed by atoms with E-state index in [1.54, 1.807) is 30.1 Å². The number of amides is 1. The summed E-state index contributed by atoms with van der Waals surface area (Å²) in [6, 6.07) is 4.87. The minimum Gasteiger partial charge on any atom is -0.342 e. The topological polar surface area (TPSA) is 20.3 Å². The third kappa shape index (κ3) is 5.05. The molecule has 0 aromatic heterocycles. The SMILES string of the molecule is CN(CCCCCCl)C(=O)c1cc(Cl)cc(Cl)c1. The quantitative estimate of drug-likeness (QED) is 0.560. The Bertz CT molecular complexity index is 389. The number of benzene rings is 1. The van der Waals surface area contributed by atoms with E-state index >= 15 is 0 Å². The van der Waals surface area contributed by atoms with Crippen LogP contribution in [0.5, 0.6) is 0 Å². The van der Waals surface area contributed by atoms with Crippen LogP contribution in [0.15, 0.2) is 18.2 Å². The molecule has 1 aromatic rings. The molecule has 0 aliphatic heterocycles. The lowest BCUT2D eigenvalue weighted by atomic mass is 10.2. The average Bonchev–Trinajstić information content (AvgIpc) is 2.32. The number of nitrogens with zero attached hydrogens (tertiary/aromatic N) is 1. The van der Waals surface area contributed by atoms with Gasteiger partial charge in [0.05, 0.1) is 0 Å². The van der Waals surface area contributed by atoms with Gasteiger partial charge in [-0.05, 0) is 31.0 Å². The summed E-state index contributed by atoms with van der Waals surface area (Å²) in [6.07, 6.45) is 2.95. The Morgan fingerprint density at radius 1 is 1.11 bits per heavy atom. The Morgan fingerprint density at radius 3 is 2.28 bits per heavy atom. The van der Waals surface area contributed by atoms with Crippen molar-refractivity contribution >= 4 is 40.7 Å². The first-order valence-electron chi connectivity index (χ1n) is 5.82. The minimum atomic E-state index is -0.0646. The Kier molecular flexibility index (Phi) is 6.83. The molecule has 0 saturated carbocycles. The van der Waals surface area contributed by atoms with Crippen LogP contribution in [0.3, 0.4) is 0 Å². The third-order valence-corrected chi connectivity index (χ3v) is 3.29. The lowest BCUT2D eigenvalue weighted by Crippen LogP contribution is -2.27. The van der Waals surface area contributed by atoms with Crippen LogP contribution in [0, 0.1) is 0 Å². The van der Waals surface area contributed by atoms with E-state index in [-0.39, 0.29) is 5.91 Å². The molecule has 0 bridgehead atoms. The van der Waals surface area contributed by atoms with Gasteiger partial charge < -0.3 is 4.90 Å². The van der Waals surface area contributed by atoms with E-state index in [1.807, 2.05) is 0 Å². The van der Waals surface area contributed by atoms with E-state index in [2.05, 4.69) is 0 Å². The molecule has 100 valence electrons. The highest BCUT2D eigenvalue weighted by atomic mass is 35.5. The fraction of sp³-hybridized carbons (Fsp3) is 0.462. The van der Waals surface area contributed by atoms with Gasteiger partial charge >= 0.3 is 0 Å². The van der Waals surface area contributed by atoms with Crippen LogP contribution in [0.4, 0.5) is 0 Å². The van der Waals surface area contributed by atoms with Gasteiger partial charge in [0.25, 0.3) is 5.91 Å². The molecule has 0 spiro atoms. The summed E-state index contributed by atoms with van der Waals surface area (Å²) in [7, 11) is 1.78. The number of carbonyl (C=O) groups excluding carboxylic acids is 1. The van der Waals surface area contributed by atoms with E-state index in [0.717, 1.165) is 19.3 Å². The molecule has 0 aliphatic carbocycles. The molecule has 1 aromatic carbocycles. The van der Waals surface area contributed by atoms with Crippen LogP contribution in [0.25, 0.3) is 0 Å². The number of alkyl halides is 1. The standard InChI is InChI=1S/C13H16Cl3NO/c1-17(6-4-2-3-5-14)13(18)10-7-11(15)9-12(16)8-10/h7-9H,2-6H2,1H3. The second-order valence-corrected chi connectivity index (χ2v) is 5.39. The first-order chi connectivity index (χ1) is 8.54. The lowest BCUT2D eigenvalue weighted by molar-refractivity contribution is 0.0792. The van der Waals surface area contributed by atoms with Crippen LogP contribution in [0.2, 0.25) is 10.0 Å². The molecule has 0 unspecified atom stereocenters. The van der Waals surface area contributed by atoms with Gasteiger partial charge in [-0.1, -0.05) is 29.6 Å². The molecule has 5 heteroatoms. The molecule has 0 saturated heterocycles. The Labute approximate surface area is 123 Å². The van der Waals surface area contributed by atoms with Crippen molar-refractivity contribution in [2.75, 3.05) is 19.5 Å². The van der Waals surface area contributed by atoms with Crippen LogP contribution < -0.4 is 0 Å². The minimum absolute atomic E-state index is 0.0646. The number of carbonyl (C=O) groups is 1. The van der Waals surface area contributed by atoms with Crippen LogP contribution in [-0.2, 0) is 0 Å². The highest BCUT2D eigenvalue weighted by Gasteiger charge is 2.12. The molecular weight excluding hydrogens is 293 g/mol. The van der Waals surface area contributed by atoms with Gasteiger partial charge in [-0.15, -0.1) is 11.6 Å². The molecule has 0 aliphatic rings. The first-order valence-corrected chi connectivity index (χ1v) is 7.11. The molecule has 1 amide bonds. The summed E-state index contributed by atoms with van der Waals surface area (Å²) in [5.41, 5.74) is 0.521. The zero-order valence-corrected chi connectivity index (χ0v) is 12.5. The van der Waals surface area contributed by atoms with Crippen molar-refractivity contribution in [2.24, 2.45) is 0 Å². The zero-order chi connectivity index (χ0) is 13.5. The van der Waals surface area contributed by atoms with E-state index in [0.29, 0.717) is 28.0 Å². The smallest absolute Gasteiger partial charge is 0.253 e. The van der Waals surface area contributed by atoms with Crippen molar-refractivity contribution in [3.05, 3.63) is 33.8 Å². The predicted octanol–water partition coefficient (Wildman–Crippen LogP) is 4.47. The van der Waals surface area contributed by atoms with Gasteiger partial charge in [-0.3, -0.25) is 4.79 Å². The van der Waals surface area contributed by atoms with Gasteiger partial charge in [0.1, 0.15) is 0 Å². The van der Waals surface area contributed by atoms with Gasteiger partial charge in [0.15, 0.2) is 0 Å². The van der Waals surface area contributed by atoms with Crippen LogP contribution in [0.1, 0.15) is 29.6 Å². The van der Waals surface area contributed by atoms with E-state index in [4.69, 9.17) is 34.8 Å². The van der Waals surface area contributed by atoms with Crippen molar-refractivity contribution in [3.63, 3.8) is 0 Å². The molecule has 18 heavy (non-hydrogen) atoms. The Morgan fingerprint density at radius 2 is 1.72 bits per heavy atom. The summed E-state index contributed by atoms with van der Waals surface area (Å²) < 4.78 is 0. The number of hydrogen-bond donors (Lipinski definition) is 0.